The summed E-state index contributed by atoms with van der Waals surface area (Å²) in [5, 5.41) is 16.5. The molecule has 2 heterocycles. The third-order valence-corrected chi connectivity index (χ3v) is 8.52. The average molecular weight is 560 g/mol. The van der Waals surface area contributed by atoms with Gasteiger partial charge in [-0.2, -0.15) is 18.4 Å². The number of carbonyl (C=O) groups excluding carboxylic acids is 1. The van der Waals surface area contributed by atoms with E-state index in [1.807, 2.05) is 26.0 Å². The second kappa shape index (κ2) is 11.7. The monoisotopic (exact) mass is 559 g/mol. The zero-order valence-corrected chi connectivity index (χ0v) is 23.0. The topological polar surface area (TPSA) is 83.6 Å². The number of aromatic nitrogens is 4. The highest BCUT2D eigenvalue weighted by atomic mass is 32.2. The van der Waals surface area contributed by atoms with Gasteiger partial charge in [0.1, 0.15) is 0 Å². The first kappa shape index (κ1) is 27.8. The van der Waals surface area contributed by atoms with E-state index in [1.54, 1.807) is 11.8 Å². The lowest BCUT2D eigenvalue weighted by atomic mass is 9.95. The van der Waals surface area contributed by atoms with Gasteiger partial charge >= 0.3 is 6.18 Å². The van der Waals surface area contributed by atoms with Crippen LogP contribution >= 0.6 is 23.1 Å². The van der Waals surface area contributed by atoms with Crippen molar-refractivity contribution in [1.82, 2.24) is 25.9 Å². The van der Waals surface area contributed by atoms with E-state index in [4.69, 9.17) is 0 Å². The summed E-state index contributed by atoms with van der Waals surface area (Å²) in [5.41, 5.74) is 3.06. The van der Waals surface area contributed by atoms with Crippen LogP contribution in [0.25, 0.3) is 11.1 Å². The number of H-pyrrole nitrogens is 1. The van der Waals surface area contributed by atoms with Gasteiger partial charge in [-0.25, -0.2) is 0 Å². The number of aryl methyl sites for hydroxylation is 2. The number of rotatable bonds is 9. The van der Waals surface area contributed by atoms with Gasteiger partial charge in [-0.15, -0.1) is 33.3 Å². The van der Waals surface area contributed by atoms with E-state index in [-0.39, 0.29) is 17.7 Å². The van der Waals surface area contributed by atoms with E-state index in [1.165, 1.54) is 23.5 Å². The number of alkyl halides is 3. The highest BCUT2D eigenvalue weighted by Crippen LogP contribution is 2.44. The highest BCUT2D eigenvalue weighted by Gasteiger charge is 2.30. The predicted molar refractivity (Wildman–Crippen MR) is 144 cm³/mol. The summed E-state index contributed by atoms with van der Waals surface area (Å²) in [6.45, 7) is 8.50. The lowest BCUT2D eigenvalue weighted by Gasteiger charge is -2.19. The Hall–Kier alpha value is -3.18. The Morgan fingerprint density at radius 3 is 2.34 bits per heavy atom. The van der Waals surface area contributed by atoms with Crippen molar-refractivity contribution in [1.29, 1.82) is 0 Å². The fourth-order valence-electron chi connectivity index (χ4n) is 4.24. The van der Waals surface area contributed by atoms with Gasteiger partial charge in [0.05, 0.1) is 17.0 Å². The van der Waals surface area contributed by atoms with Crippen molar-refractivity contribution in [2.24, 2.45) is 5.92 Å². The molecule has 0 saturated carbocycles. The number of nitrogens with one attached hydrogen (secondary N) is 2. The van der Waals surface area contributed by atoms with Crippen LogP contribution in [0, 0.1) is 19.8 Å². The van der Waals surface area contributed by atoms with Gasteiger partial charge in [0.15, 0.2) is 5.82 Å². The molecule has 0 spiro atoms. The van der Waals surface area contributed by atoms with Crippen LogP contribution in [0.2, 0.25) is 0 Å². The van der Waals surface area contributed by atoms with Gasteiger partial charge in [0.2, 0.25) is 0 Å². The van der Waals surface area contributed by atoms with Crippen LogP contribution in [0.1, 0.15) is 62.6 Å². The maximum atomic E-state index is 13.0. The van der Waals surface area contributed by atoms with Crippen LogP contribution in [-0.2, 0) is 12.7 Å². The number of aromatic amines is 1. The van der Waals surface area contributed by atoms with Crippen molar-refractivity contribution in [3.05, 3.63) is 80.8 Å². The van der Waals surface area contributed by atoms with E-state index in [2.05, 4.69) is 51.9 Å². The van der Waals surface area contributed by atoms with Crippen molar-refractivity contribution in [3.8, 4) is 11.1 Å². The number of carbonyl (C=O) groups is 1. The third-order valence-electron chi connectivity index (χ3n) is 5.94. The zero-order chi connectivity index (χ0) is 27.4. The maximum Gasteiger partial charge on any atom is 0.416 e. The van der Waals surface area contributed by atoms with E-state index in [0.29, 0.717) is 16.6 Å². The van der Waals surface area contributed by atoms with Crippen molar-refractivity contribution in [2.75, 3.05) is 0 Å². The first-order chi connectivity index (χ1) is 18.0. The normalized spacial score (nSPS) is 12.6. The Balaban J connectivity index is 1.52. The summed E-state index contributed by atoms with van der Waals surface area (Å²) < 4.78 is 39.0. The highest BCUT2D eigenvalue weighted by molar-refractivity contribution is 7.99. The van der Waals surface area contributed by atoms with Gasteiger partial charge in [0.25, 0.3) is 5.91 Å². The summed E-state index contributed by atoms with van der Waals surface area (Å²) in [7, 11) is 0. The Morgan fingerprint density at radius 1 is 1.08 bits per heavy atom. The fraction of sp³-hybridized carbons (Fsp3) is 0.333. The molecule has 1 atom stereocenters. The Labute approximate surface area is 227 Å². The van der Waals surface area contributed by atoms with Gasteiger partial charge < -0.3 is 5.32 Å². The van der Waals surface area contributed by atoms with E-state index in [9.17, 15) is 18.0 Å². The number of thioether (sulfide) groups is 1. The lowest BCUT2D eigenvalue weighted by Crippen LogP contribution is -2.22. The van der Waals surface area contributed by atoms with Crippen LogP contribution in [-0.4, -0.2) is 26.5 Å². The lowest BCUT2D eigenvalue weighted by molar-refractivity contribution is -0.137. The summed E-state index contributed by atoms with van der Waals surface area (Å²) >= 11 is 3.21. The first-order valence-electron chi connectivity index (χ1n) is 12.1. The van der Waals surface area contributed by atoms with Gasteiger partial charge in [-0.1, -0.05) is 31.2 Å². The van der Waals surface area contributed by atoms with E-state index in [0.717, 1.165) is 50.6 Å². The standard InChI is InChI=1S/C27H28F3N5OS2/c1-15(2)11-23(21-9-10-22(38-21)26(36)31-14-24-32-34-35-33-24)37-20-12-16(3)25(17(4)13-20)18-5-7-19(8-6-18)27(28,29)30/h5-10,12-13,15,23H,11,14H2,1-4H3,(H,31,36)(H,32,33,34,35). The van der Waals surface area contributed by atoms with E-state index >= 15 is 0 Å². The number of hydrogen-bond donors (Lipinski definition) is 2. The molecular weight excluding hydrogens is 531 g/mol. The number of amides is 1. The second-order valence-electron chi connectivity index (χ2n) is 9.46. The number of halogens is 3. The van der Waals surface area contributed by atoms with E-state index < -0.39 is 11.7 Å². The van der Waals surface area contributed by atoms with Crippen molar-refractivity contribution in [2.45, 2.75) is 57.0 Å². The molecule has 0 aliphatic rings. The molecule has 2 aromatic heterocycles. The molecule has 38 heavy (non-hydrogen) atoms. The minimum atomic E-state index is -4.36. The molecule has 1 amide bonds. The van der Waals surface area contributed by atoms with Crippen molar-refractivity contribution in [3.63, 3.8) is 0 Å². The largest absolute Gasteiger partial charge is 0.416 e. The summed E-state index contributed by atoms with van der Waals surface area (Å²) in [6, 6.07) is 13.3. The number of tetrazole rings is 1. The molecule has 0 saturated heterocycles. The molecule has 1 unspecified atom stereocenters. The minimum Gasteiger partial charge on any atom is -0.344 e. The molecule has 2 N–H and O–H groups in total. The predicted octanol–water partition coefficient (Wildman–Crippen LogP) is 7.37. The first-order valence-corrected chi connectivity index (χ1v) is 13.8. The maximum absolute atomic E-state index is 13.0. The summed E-state index contributed by atoms with van der Waals surface area (Å²) in [4.78, 5) is 15.4. The van der Waals surface area contributed by atoms with Crippen LogP contribution in [0.4, 0.5) is 13.2 Å². The molecule has 6 nitrogen and oxygen atoms in total. The van der Waals surface area contributed by atoms with Crippen LogP contribution in [0.15, 0.2) is 53.4 Å². The molecule has 0 aliphatic carbocycles. The summed E-state index contributed by atoms with van der Waals surface area (Å²) in [5.74, 6) is 0.666. The van der Waals surface area contributed by atoms with Crippen LogP contribution in [0.5, 0.6) is 0 Å². The number of nitrogens with zero attached hydrogens (tertiary/aromatic N) is 3. The molecule has 4 aromatic rings. The zero-order valence-electron chi connectivity index (χ0n) is 21.4. The number of benzene rings is 2. The molecule has 4 rings (SSSR count). The molecule has 0 fully saturated rings. The molecule has 0 bridgehead atoms. The van der Waals surface area contributed by atoms with Crippen LogP contribution in [0.3, 0.4) is 0 Å². The van der Waals surface area contributed by atoms with Crippen molar-refractivity contribution >= 4 is 29.0 Å². The van der Waals surface area contributed by atoms with Crippen molar-refractivity contribution < 1.29 is 18.0 Å². The quantitative estimate of drug-likeness (QED) is 0.209. The molecule has 11 heteroatoms. The van der Waals surface area contributed by atoms with Crippen LogP contribution < -0.4 is 5.32 Å². The number of hydrogen-bond acceptors (Lipinski definition) is 6. The molecule has 200 valence electrons. The Morgan fingerprint density at radius 2 is 1.76 bits per heavy atom. The van der Waals surface area contributed by atoms with Gasteiger partial charge in [0, 0.05) is 15.0 Å². The van der Waals surface area contributed by atoms with Gasteiger partial charge in [-0.3, -0.25) is 4.79 Å². The smallest absolute Gasteiger partial charge is 0.344 e. The minimum absolute atomic E-state index is 0.148. The SMILES string of the molecule is Cc1cc(SC(CC(C)C)c2ccc(C(=O)NCc3nn[nH]n3)s2)cc(C)c1-c1ccc(C(F)(F)F)cc1. The number of thiophene rings is 1. The summed E-state index contributed by atoms with van der Waals surface area (Å²) in [6.07, 6.45) is -3.43. The molecular formula is C27H28F3N5OS2. The Bertz CT molecular complexity index is 1360. The Kier molecular flexibility index (Phi) is 8.57. The molecule has 0 aliphatic heterocycles. The third kappa shape index (κ3) is 6.82. The second-order valence-corrected chi connectivity index (χ2v) is 11.8. The fourth-order valence-corrected chi connectivity index (χ4v) is 6.94. The molecule has 0 radical (unpaired) electrons. The molecule has 2 aromatic carbocycles. The average Bonchev–Trinajstić information content (AvgIpc) is 3.54. The van der Waals surface area contributed by atoms with Gasteiger partial charge in [-0.05, 0) is 84.8 Å².